The Kier molecular flexibility index (Phi) is 5.13. The van der Waals surface area contributed by atoms with Gasteiger partial charge in [0.2, 0.25) is 5.91 Å². The van der Waals surface area contributed by atoms with Gasteiger partial charge >= 0.3 is 0 Å². The van der Waals surface area contributed by atoms with Crippen molar-refractivity contribution in [2.75, 3.05) is 19.6 Å². The van der Waals surface area contributed by atoms with Crippen molar-refractivity contribution in [2.45, 2.75) is 26.2 Å². The number of nitrogens with zero attached hydrogens (tertiary/aromatic N) is 2. The van der Waals surface area contributed by atoms with Crippen LogP contribution >= 0.6 is 0 Å². The van der Waals surface area contributed by atoms with Crippen LogP contribution in [0.5, 0.6) is 0 Å². The van der Waals surface area contributed by atoms with Gasteiger partial charge in [0.25, 0.3) is 11.8 Å². The third-order valence-corrected chi connectivity index (χ3v) is 6.48. The Labute approximate surface area is 186 Å². The number of H-pyrrole nitrogens is 1. The molecule has 0 saturated carbocycles. The van der Waals surface area contributed by atoms with E-state index in [1.807, 2.05) is 4.90 Å². The second kappa shape index (κ2) is 8.11. The van der Waals surface area contributed by atoms with E-state index in [1.54, 1.807) is 24.3 Å². The summed E-state index contributed by atoms with van der Waals surface area (Å²) in [5.74, 6) is -0.471. The van der Waals surface area contributed by atoms with E-state index in [1.165, 1.54) is 27.0 Å². The minimum atomic E-state index is -0.266. The molecule has 6 heteroatoms. The van der Waals surface area contributed by atoms with E-state index >= 15 is 0 Å². The number of carbonyl (C=O) groups is 3. The van der Waals surface area contributed by atoms with Gasteiger partial charge in [0.1, 0.15) is 0 Å². The smallest absolute Gasteiger partial charge is 0.261 e. The molecule has 0 spiro atoms. The summed E-state index contributed by atoms with van der Waals surface area (Å²) in [5, 5.41) is 1.22. The van der Waals surface area contributed by atoms with E-state index in [-0.39, 0.29) is 24.3 Å². The highest BCUT2D eigenvalue weighted by molar-refractivity contribution is 6.21. The van der Waals surface area contributed by atoms with Crippen molar-refractivity contribution in [3.05, 3.63) is 77.0 Å². The number of hydrogen-bond donors (Lipinski definition) is 1. The molecule has 6 nitrogen and oxygen atoms in total. The van der Waals surface area contributed by atoms with Crippen LogP contribution in [0, 0.1) is 6.92 Å². The molecule has 2 aliphatic rings. The molecule has 3 aromatic rings. The van der Waals surface area contributed by atoms with Crippen molar-refractivity contribution < 1.29 is 14.4 Å². The van der Waals surface area contributed by atoms with E-state index in [2.05, 4.69) is 42.4 Å². The molecule has 1 aromatic heterocycles. The Morgan fingerprint density at radius 1 is 1.00 bits per heavy atom. The number of aromatic nitrogens is 1. The van der Waals surface area contributed by atoms with Gasteiger partial charge in [-0.15, -0.1) is 0 Å². The van der Waals surface area contributed by atoms with Gasteiger partial charge in [-0.25, -0.2) is 0 Å². The van der Waals surface area contributed by atoms with Gasteiger partial charge in [0.05, 0.1) is 11.1 Å². The summed E-state index contributed by atoms with van der Waals surface area (Å²) < 4.78 is 0. The third kappa shape index (κ3) is 3.42. The van der Waals surface area contributed by atoms with Crippen molar-refractivity contribution in [3.8, 4) is 0 Å². The molecule has 0 bridgehead atoms. The fourth-order valence-electron chi connectivity index (χ4n) is 4.70. The molecule has 0 saturated heterocycles. The monoisotopic (exact) mass is 427 g/mol. The lowest BCUT2D eigenvalue weighted by molar-refractivity contribution is -0.130. The van der Waals surface area contributed by atoms with Gasteiger partial charge in [-0.2, -0.15) is 0 Å². The summed E-state index contributed by atoms with van der Waals surface area (Å²) in [5.41, 5.74) is 5.75. The Hall–Kier alpha value is -3.67. The quantitative estimate of drug-likeness (QED) is 0.621. The molecule has 32 heavy (non-hydrogen) atoms. The van der Waals surface area contributed by atoms with Crippen LogP contribution in [0.15, 0.2) is 54.7 Å². The van der Waals surface area contributed by atoms with Crippen molar-refractivity contribution in [1.29, 1.82) is 0 Å². The summed E-state index contributed by atoms with van der Waals surface area (Å²) in [6, 6.07) is 13.2. The van der Waals surface area contributed by atoms with Crippen LogP contribution in [0.1, 0.15) is 51.1 Å². The van der Waals surface area contributed by atoms with Gasteiger partial charge < -0.3 is 9.88 Å². The van der Waals surface area contributed by atoms with Crippen LogP contribution in [0.25, 0.3) is 16.5 Å². The zero-order valence-electron chi connectivity index (χ0n) is 18.1. The van der Waals surface area contributed by atoms with Crippen molar-refractivity contribution in [2.24, 2.45) is 0 Å². The first-order chi connectivity index (χ1) is 15.5. The number of imide groups is 1. The Bertz CT molecular complexity index is 1240. The maximum Gasteiger partial charge on any atom is 0.261 e. The number of nitrogens with one attached hydrogen (secondary N) is 1. The highest BCUT2D eigenvalue weighted by atomic mass is 16.2. The van der Waals surface area contributed by atoms with Gasteiger partial charge in [-0.05, 0) is 43.0 Å². The summed E-state index contributed by atoms with van der Waals surface area (Å²) in [6.07, 6.45) is 5.80. The number of aryl methyl sites for hydroxylation is 1. The zero-order valence-corrected chi connectivity index (χ0v) is 18.1. The van der Waals surface area contributed by atoms with E-state index < -0.39 is 0 Å². The van der Waals surface area contributed by atoms with Crippen LogP contribution in [-0.2, 0) is 4.79 Å². The fraction of sp³-hybridized carbons (Fsp3) is 0.269. The average Bonchev–Trinajstić information content (AvgIpc) is 3.35. The second-order valence-electron chi connectivity index (χ2n) is 8.43. The minimum Gasteiger partial charge on any atom is -0.360 e. The van der Waals surface area contributed by atoms with Crippen LogP contribution in [-0.4, -0.2) is 52.1 Å². The standard InChI is InChI=1S/C26H25N3O3/c1-17-6-4-9-19-22(16-27-24(17)19)18-11-14-28(15-12-18)23(30)10-5-13-29-25(31)20-7-2-3-8-21(20)26(29)32/h2-4,6-9,11,16,27H,5,10,12-15H2,1H3. The number of fused-ring (bicyclic) bond motifs is 2. The maximum atomic E-state index is 12.7. The van der Waals surface area contributed by atoms with Crippen LogP contribution in [0.2, 0.25) is 0 Å². The number of benzene rings is 2. The largest absolute Gasteiger partial charge is 0.360 e. The van der Waals surface area contributed by atoms with E-state index in [0.717, 1.165) is 11.9 Å². The van der Waals surface area contributed by atoms with Gasteiger partial charge in [-0.3, -0.25) is 19.3 Å². The molecular formula is C26H25N3O3. The number of para-hydroxylation sites is 1. The molecule has 5 rings (SSSR count). The number of carbonyl (C=O) groups excluding carboxylic acids is 3. The molecule has 0 unspecified atom stereocenters. The first-order valence-electron chi connectivity index (χ1n) is 11.0. The highest BCUT2D eigenvalue weighted by Gasteiger charge is 2.34. The lowest BCUT2D eigenvalue weighted by atomic mass is 9.98. The van der Waals surface area contributed by atoms with Crippen molar-refractivity contribution in [3.63, 3.8) is 0 Å². The molecule has 0 aliphatic carbocycles. The van der Waals surface area contributed by atoms with Crippen molar-refractivity contribution in [1.82, 2.24) is 14.8 Å². The van der Waals surface area contributed by atoms with Crippen LogP contribution in [0.4, 0.5) is 0 Å². The topological polar surface area (TPSA) is 73.5 Å². The average molecular weight is 428 g/mol. The molecule has 0 radical (unpaired) electrons. The summed E-state index contributed by atoms with van der Waals surface area (Å²) >= 11 is 0. The molecule has 0 atom stereocenters. The van der Waals surface area contributed by atoms with Gasteiger partial charge in [0.15, 0.2) is 0 Å². The fourth-order valence-corrected chi connectivity index (χ4v) is 4.70. The number of rotatable bonds is 5. The Morgan fingerprint density at radius 3 is 2.44 bits per heavy atom. The van der Waals surface area contributed by atoms with E-state index in [0.29, 0.717) is 37.1 Å². The first-order valence-corrected chi connectivity index (χ1v) is 11.0. The Morgan fingerprint density at radius 2 is 1.75 bits per heavy atom. The zero-order chi connectivity index (χ0) is 22.2. The number of amides is 3. The molecule has 3 amide bonds. The summed E-state index contributed by atoms with van der Waals surface area (Å²) in [7, 11) is 0. The molecule has 2 aliphatic heterocycles. The third-order valence-electron chi connectivity index (χ3n) is 6.48. The summed E-state index contributed by atoms with van der Waals surface area (Å²) in [6.45, 7) is 3.62. The molecule has 162 valence electrons. The SMILES string of the molecule is Cc1cccc2c(C3=CCN(C(=O)CCCN4C(=O)c5ccccc5C4=O)CC3)c[nH]c12. The molecule has 3 heterocycles. The highest BCUT2D eigenvalue weighted by Crippen LogP contribution is 2.30. The lowest BCUT2D eigenvalue weighted by Crippen LogP contribution is -2.36. The molecule has 0 fully saturated rings. The molecule has 2 aromatic carbocycles. The molecule has 1 N–H and O–H groups in total. The van der Waals surface area contributed by atoms with Gasteiger partial charge in [-0.1, -0.05) is 36.4 Å². The summed E-state index contributed by atoms with van der Waals surface area (Å²) in [4.78, 5) is 44.1. The van der Waals surface area contributed by atoms with Crippen LogP contribution in [0.3, 0.4) is 0 Å². The van der Waals surface area contributed by atoms with Crippen LogP contribution < -0.4 is 0 Å². The Balaban J connectivity index is 1.18. The number of hydrogen-bond acceptors (Lipinski definition) is 3. The normalized spacial score (nSPS) is 16.0. The van der Waals surface area contributed by atoms with E-state index in [9.17, 15) is 14.4 Å². The lowest BCUT2D eigenvalue weighted by Gasteiger charge is -2.27. The van der Waals surface area contributed by atoms with Crippen molar-refractivity contribution >= 4 is 34.2 Å². The predicted molar refractivity (Wildman–Crippen MR) is 123 cm³/mol. The molecular weight excluding hydrogens is 402 g/mol. The predicted octanol–water partition coefficient (Wildman–Crippen LogP) is 4.17. The maximum absolute atomic E-state index is 12.7. The van der Waals surface area contributed by atoms with E-state index in [4.69, 9.17) is 0 Å². The second-order valence-corrected chi connectivity index (χ2v) is 8.43. The van der Waals surface area contributed by atoms with Gasteiger partial charge in [0, 0.05) is 48.7 Å². The first kappa shape index (κ1) is 20.2. The number of aromatic amines is 1. The minimum absolute atomic E-state index is 0.0617.